The van der Waals surface area contributed by atoms with Crippen LogP contribution in [0, 0.1) is 5.92 Å². The summed E-state index contributed by atoms with van der Waals surface area (Å²) in [6.07, 6.45) is 3.78. The van der Waals surface area contributed by atoms with Crippen molar-refractivity contribution in [3.8, 4) is 0 Å². The molecule has 0 aliphatic heterocycles. The SMILES string of the molecule is C=C(Cl)/N=C(\C(=C/C)C(=O)OC)C1CC1. The summed E-state index contributed by atoms with van der Waals surface area (Å²) in [6.45, 7) is 5.28. The van der Waals surface area contributed by atoms with Crippen LogP contribution in [0.25, 0.3) is 0 Å². The average Bonchev–Trinajstić information content (AvgIpc) is 2.99. The van der Waals surface area contributed by atoms with Crippen molar-refractivity contribution >= 4 is 23.3 Å². The molecule has 1 rings (SSSR count). The number of esters is 1. The number of allylic oxidation sites excluding steroid dienone is 1. The van der Waals surface area contributed by atoms with Crippen LogP contribution in [0.4, 0.5) is 0 Å². The van der Waals surface area contributed by atoms with Gasteiger partial charge in [-0.25, -0.2) is 9.79 Å². The van der Waals surface area contributed by atoms with E-state index in [-0.39, 0.29) is 11.1 Å². The Kier molecular flexibility index (Phi) is 4.09. The molecular formula is C11H14ClNO2. The molecule has 0 aromatic heterocycles. The molecule has 1 aliphatic rings. The van der Waals surface area contributed by atoms with E-state index in [4.69, 9.17) is 11.6 Å². The fourth-order valence-electron chi connectivity index (χ4n) is 1.34. The third-order valence-electron chi connectivity index (χ3n) is 2.18. The van der Waals surface area contributed by atoms with Gasteiger partial charge in [0.05, 0.1) is 18.4 Å². The molecular weight excluding hydrogens is 214 g/mol. The second-order valence-electron chi connectivity index (χ2n) is 3.34. The van der Waals surface area contributed by atoms with Crippen LogP contribution in [0.1, 0.15) is 19.8 Å². The molecule has 82 valence electrons. The number of methoxy groups -OCH3 is 1. The largest absolute Gasteiger partial charge is 0.465 e. The first-order valence-electron chi connectivity index (χ1n) is 4.78. The number of rotatable bonds is 4. The maximum atomic E-state index is 11.5. The zero-order chi connectivity index (χ0) is 11.4. The van der Waals surface area contributed by atoms with Crippen molar-refractivity contribution in [1.29, 1.82) is 0 Å². The Morgan fingerprint density at radius 1 is 1.60 bits per heavy atom. The van der Waals surface area contributed by atoms with E-state index in [1.807, 2.05) is 0 Å². The maximum Gasteiger partial charge on any atom is 0.339 e. The highest BCUT2D eigenvalue weighted by atomic mass is 35.5. The van der Waals surface area contributed by atoms with Gasteiger partial charge in [0.1, 0.15) is 5.16 Å². The van der Waals surface area contributed by atoms with Crippen LogP contribution in [-0.2, 0) is 9.53 Å². The molecule has 1 fully saturated rings. The van der Waals surface area contributed by atoms with Crippen LogP contribution >= 0.6 is 11.6 Å². The quantitative estimate of drug-likeness (QED) is 0.321. The number of hydrogen-bond acceptors (Lipinski definition) is 3. The van der Waals surface area contributed by atoms with Crippen LogP contribution in [0.15, 0.2) is 28.4 Å². The molecule has 0 aromatic rings. The fourth-order valence-corrected chi connectivity index (χ4v) is 1.43. The molecule has 0 aromatic carbocycles. The van der Waals surface area contributed by atoms with Crippen molar-refractivity contribution in [1.82, 2.24) is 0 Å². The van der Waals surface area contributed by atoms with Crippen molar-refractivity contribution in [2.75, 3.05) is 7.11 Å². The summed E-state index contributed by atoms with van der Waals surface area (Å²) in [5.74, 6) is -0.0492. The minimum atomic E-state index is -0.374. The molecule has 0 amide bonds. The Bertz CT molecular complexity index is 340. The third-order valence-corrected chi connectivity index (χ3v) is 2.26. The first kappa shape index (κ1) is 12.0. The van der Waals surface area contributed by atoms with E-state index in [2.05, 4.69) is 16.3 Å². The van der Waals surface area contributed by atoms with Crippen LogP contribution in [-0.4, -0.2) is 18.8 Å². The van der Waals surface area contributed by atoms with Gasteiger partial charge in [0.15, 0.2) is 0 Å². The van der Waals surface area contributed by atoms with Gasteiger partial charge < -0.3 is 4.74 Å². The Labute approximate surface area is 94.5 Å². The molecule has 0 saturated heterocycles. The number of halogens is 1. The first-order valence-corrected chi connectivity index (χ1v) is 5.16. The van der Waals surface area contributed by atoms with Crippen LogP contribution in [0.5, 0.6) is 0 Å². The monoisotopic (exact) mass is 227 g/mol. The molecule has 0 radical (unpaired) electrons. The van der Waals surface area contributed by atoms with Gasteiger partial charge in [0, 0.05) is 5.92 Å². The summed E-state index contributed by atoms with van der Waals surface area (Å²) in [5.41, 5.74) is 1.19. The summed E-state index contributed by atoms with van der Waals surface area (Å²) < 4.78 is 4.68. The van der Waals surface area contributed by atoms with Gasteiger partial charge in [-0.05, 0) is 19.8 Å². The van der Waals surface area contributed by atoms with Gasteiger partial charge >= 0.3 is 5.97 Å². The van der Waals surface area contributed by atoms with Gasteiger partial charge in [-0.2, -0.15) is 0 Å². The molecule has 1 saturated carbocycles. The topological polar surface area (TPSA) is 38.7 Å². The lowest BCUT2D eigenvalue weighted by Gasteiger charge is -2.07. The number of hydrogen-bond donors (Lipinski definition) is 0. The predicted molar refractivity (Wildman–Crippen MR) is 60.9 cm³/mol. The highest BCUT2D eigenvalue weighted by molar-refractivity contribution is 6.31. The minimum Gasteiger partial charge on any atom is -0.465 e. The Balaban J connectivity index is 2.97. The van der Waals surface area contributed by atoms with Crippen LogP contribution in [0.2, 0.25) is 0 Å². The molecule has 3 nitrogen and oxygen atoms in total. The number of carbonyl (C=O) groups excluding carboxylic acids is 1. The van der Waals surface area contributed by atoms with Crippen molar-refractivity contribution in [3.63, 3.8) is 0 Å². The average molecular weight is 228 g/mol. The number of carbonyl (C=O) groups is 1. The summed E-state index contributed by atoms with van der Waals surface area (Å²) in [4.78, 5) is 15.6. The van der Waals surface area contributed by atoms with E-state index in [0.29, 0.717) is 17.2 Å². The van der Waals surface area contributed by atoms with Gasteiger partial charge in [-0.15, -0.1) is 0 Å². The lowest BCUT2D eigenvalue weighted by molar-refractivity contribution is -0.135. The Morgan fingerprint density at radius 3 is 2.53 bits per heavy atom. The van der Waals surface area contributed by atoms with Crippen molar-refractivity contribution in [3.05, 3.63) is 23.4 Å². The Hall–Kier alpha value is -1.09. The molecule has 15 heavy (non-hydrogen) atoms. The van der Waals surface area contributed by atoms with Crippen molar-refractivity contribution in [2.45, 2.75) is 19.8 Å². The molecule has 0 heterocycles. The second-order valence-corrected chi connectivity index (χ2v) is 3.78. The maximum absolute atomic E-state index is 11.5. The van der Waals surface area contributed by atoms with Crippen molar-refractivity contribution in [2.24, 2.45) is 10.9 Å². The molecule has 1 aliphatic carbocycles. The van der Waals surface area contributed by atoms with Gasteiger partial charge in [-0.1, -0.05) is 24.3 Å². The number of ether oxygens (including phenoxy) is 1. The normalized spacial score (nSPS) is 17.5. The lowest BCUT2D eigenvalue weighted by atomic mass is 10.1. The zero-order valence-electron chi connectivity index (χ0n) is 8.92. The summed E-state index contributed by atoms with van der Waals surface area (Å²) >= 11 is 5.63. The highest BCUT2D eigenvalue weighted by Crippen LogP contribution is 2.34. The Morgan fingerprint density at radius 2 is 2.20 bits per heavy atom. The molecule has 0 spiro atoms. The molecule has 0 bridgehead atoms. The standard InChI is InChI=1S/C11H14ClNO2/c1-4-9(11(14)15-3)10(8-5-6-8)13-7(2)12/h4,8H,2,5-6H2,1,3H3/b9-4+,13-10-. The summed E-state index contributed by atoms with van der Waals surface area (Å²) in [7, 11) is 1.35. The van der Waals surface area contributed by atoms with Gasteiger partial charge in [-0.3, -0.25) is 0 Å². The van der Waals surface area contributed by atoms with Crippen molar-refractivity contribution < 1.29 is 9.53 Å². The fraction of sp³-hybridized carbons (Fsp3) is 0.455. The molecule has 0 atom stereocenters. The highest BCUT2D eigenvalue weighted by Gasteiger charge is 2.32. The van der Waals surface area contributed by atoms with Gasteiger partial charge in [0.2, 0.25) is 0 Å². The van der Waals surface area contributed by atoms with Gasteiger partial charge in [0.25, 0.3) is 0 Å². The van der Waals surface area contributed by atoms with E-state index in [1.165, 1.54) is 7.11 Å². The molecule has 0 N–H and O–H groups in total. The molecule has 4 heteroatoms. The van der Waals surface area contributed by atoms with E-state index in [0.717, 1.165) is 12.8 Å². The van der Waals surface area contributed by atoms with E-state index < -0.39 is 0 Å². The molecule has 0 unspecified atom stereocenters. The third kappa shape index (κ3) is 3.20. The lowest BCUT2D eigenvalue weighted by Crippen LogP contribution is -2.16. The zero-order valence-corrected chi connectivity index (χ0v) is 9.67. The predicted octanol–water partition coefficient (Wildman–Crippen LogP) is 2.67. The number of nitrogens with zero attached hydrogens (tertiary/aromatic N) is 1. The smallest absolute Gasteiger partial charge is 0.339 e. The van der Waals surface area contributed by atoms with Crippen LogP contribution in [0.3, 0.4) is 0 Å². The second kappa shape index (κ2) is 5.12. The number of aliphatic imine (C=N–C) groups is 1. The van der Waals surface area contributed by atoms with E-state index in [1.54, 1.807) is 13.0 Å². The summed E-state index contributed by atoms with van der Waals surface area (Å²) in [6, 6.07) is 0. The van der Waals surface area contributed by atoms with E-state index in [9.17, 15) is 4.79 Å². The first-order chi connectivity index (χ1) is 7.10. The minimum absolute atomic E-state index is 0.195. The summed E-state index contributed by atoms with van der Waals surface area (Å²) in [5, 5.41) is 0.195. The van der Waals surface area contributed by atoms with E-state index >= 15 is 0 Å². The van der Waals surface area contributed by atoms with Crippen LogP contribution < -0.4 is 0 Å².